The van der Waals surface area contributed by atoms with Gasteiger partial charge in [-0.3, -0.25) is 9.59 Å². The van der Waals surface area contributed by atoms with Crippen molar-refractivity contribution in [2.45, 2.75) is 6.54 Å². The average molecular weight is 360 g/mol. The average Bonchev–Trinajstić information content (AvgIpc) is 3.20. The Kier molecular flexibility index (Phi) is 4.21. The quantitative estimate of drug-likeness (QED) is 0.594. The van der Waals surface area contributed by atoms with Gasteiger partial charge in [0, 0.05) is 12.4 Å². The van der Waals surface area contributed by atoms with E-state index in [-0.39, 0.29) is 23.7 Å². The molecule has 0 saturated heterocycles. The van der Waals surface area contributed by atoms with Gasteiger partial charge in [0.25, 0.3) is 11.5 Å². The molecule has 0 saturated carbocycles. The molecule has 4 aromatic rings. The molecule has 8 heteroatoms. The van der Waals surface area contributed by atoms with Crippen molar-refractivity contribution in [3.63, 3.8) is 0 Å². The van der Waals surface area contributed by atoms with Crippen molar-refractivity contribution in [1.82, 2.24) is 30.1 Å². The second-order valence-electron chi connectivity index (χ2n) is 5.96. The molecule has 0 aliphatic heterocycles. The molecule has 0 atom stereocenters. The van der Waals surface area contributed by atoms with Gasteiger partial charge >= 0.3 is 0 Å². The van der Waals surface area contributed by atoms with E-state index < -0.39 is 0 Å². The van der Waals surface area contributed by atoms with Gasteiger partial charge in [0.2, 0.25) is 0 Å². The molecule has 1 amide bonds. The van der Waals surface area contributed by atoms with Crippen molar-refractivity contribution in [3.05, 3.63) is 82.5 Å². The second kappa shape index (κ2) is 6.83. The number of nitrogens with zero attached hydrogens (tertiary/aromatic N) is 5. The highest BCUT2D eigenvalue weighted by atomic mass is 16.2. The van der Waals surface area contributed by atoms with E-state index in [0.717, 1.165) is 5.69 Å². The molecule has 27 heavy (non-hydrogen) atoms. The SMILES string of the molecule is Cn1nc(CNC(=O)c2cnn(-c3ccccc3)n2)c2ccccc2c1=O. The smallest absolute Gasteiger partial charge is 0.274 e. The molecule has 0 radical (unpaired) electrons. The van der Waals surface area contributed by atoms with Crippen LogP contribution in [0.15, 0.2) is 65.6 Å². The number of hydrogen-bond acceptors (Lipinski definition) is 5. The molecule has 1 N–H and O–H groups in total. The zero-order valence-corrected chi connectivity index (χ0v) is 14.5. The van der Waals surface area contributed by atoms with E-state index in [4.69, 9.17) is 0 Å². The molecule has 0 aliphatic rings. The fraction of sp³-hybridized carbons (Fsp3) is 0.105. The van der Waals surface area contributed by atoms with Crippen molar-refractivity contribution in [2.24, 2.45) is 7.05 Å². The van der Waals surface area contributed by atoms with Crippen LogP contribution in [0.25, 0.3) is 16.5 Å². The van der Waals surface area contributed by atoms with E-state index in [9.17, 15) is 9.59 Å². The minimum atomic E-state index is -0.364. The van der Waals surface area contributed by atoms with Crippen LogP contribution in [0.1, 0.15) is 16.2 Å². The molecule has 2 heterocycles. The molecule has 0 fully saturated rings. The fourth-order valence-electron chi connectivity index (χ4n) is 2.81. The third-order valence-corrected chi connectivity index (χ3v) is 4.16. The van der Waals surface area contributed by atoms with Crippen LogP contribution in [0.4, 0.5) is 0 Å². The maximum atomic E-state index is 12.4. The van der Waals surface area contributed by atoms with Crippen molar-refractivity contribution < 1.29 is 4.79 Å². The van der Waals surface area contributed by atoms with Gasteiger partial charge in [-0.1, -0.05) is 36.4 Å². The number of carbonyl (C=O) groups excluding carboxylic acids is 1. The van der Waals surface area contributed by atoms with Crippen molar-refractivity contribution in [3.8, 4) is 5.69 Å². The van der Waals surface area contributed by atoms with Crippen LogP contribution < -0.4 is 10.9 Å². The molecular weight excluding hydrogens is 344 g/mol. The van der Waals surface area contributed by atoms with Gasteiger partial charge in [0.15, 0.2) is 5.69 Å². The summed E-state index contributed by atoms with van der Waals surface area (Å²) in [6.45, 7) is 0.172. The molecule has 0 unspecified atom stereocenters. The summed E-state index contributed by atoms with van der Waals surface area (Å²) < 4.78 is 1.27. The lowest BCUT2D eigenvalue weighted by Crippen LogP contribution is -2.27. The van der Waals surface area contributed by atoms with Crippen LogP contribution in [0.3, 0.4) is 0 Å². The van der Waals surface area contributed by atoms with Gasteiger partial charge in [-0.15, -0.1) is 5.10 Å². The topological polar surface area (TPSA) is 94.7 Å². The van der Waals surface area contributed by atoms with Crippen molar-refractivity contribution >= 4 is 16.7 Å². The van der Waals surface area contributed by atoms with Gasteiger partial charge in [-0.2, -0.15) is 15.0 Å². The molecule has 134 valence electrons. The largest absolute Gasteiger partial charge is 0.345 e. The van der Waals surface area contributed by atoms with E-state index in [1.54, 1.807) is 19.2 Å². The Morgan fingerprint density at radius 2 is 1.70 bits per heavy atom. The predicted molar refractivity (Wildman–Crippen MR) is 99.5 cm³/mol. The molecule has 0 aliphatic carbocycles. The number of fused-ring (bicyclic) bond motifs is 1. The minimum absolute atomic E-state index is 0.172. The number of para-hydroxylation sites is 1. The zero-order chi connectivity index (χ0) is 18.8. The van der Waals surface area contributed by atoms with Crippen LogP contribution in [0.2, 0.25) is 0 Å². The van der Waals surface area contributed by atoms with E-state index in [1.807, 2.05) is 42.5 Å². The van der Waals surface area contributed by atoms with Gasteiger partial charge in [-0.25, -0.2) is 4.68 Å². The van der Waals surface area contributed by atoms with Gasteiger partial charge in [0.05, 0.1) is 29.5 Å². The molecule has 4 rings (SSSR count). The fourth-order valence-corrected chi connectivity index (χ4v) is 2.81. The third-order valence-electron chi connectivity index (χ3n) is 4.16. The number of aryl methyl sites for hydroxylation is 1. The minimum Gasteiger partial charge on any atom is -0.345 e. The Hall–Kier alpha value is -3.81. The van der Waals surface area contributed by atoms with E-state index in [0.29, 0.717) is 16.5 Å². The second-order valence-corrected chi connectivity index (χ2v) is 5.96. The first kappa shape index (κ1) is 16.6. The highest BCUT2D eigenvalue weighted by molar-refractivity contribution is 5.92. The summed E-state index contributed by atoms with van der Waals surface area (Å²) >= 11 is 0. The van der Waals surface area contributed by atoms with Gasteiger partial charge < -0.3 is 5.32 Å². The van der Waals surface area contributed by atoms with E-state index in [1.165, 1.54) is 15.7 Å². The summed E-state index contributed by atoms with van der Waals surface area (Å²) in [6.07, 6.45) is 1.41. The molecule has 2 aromatic carbocycles. The number of rotatable bonds is 4. The monoisotopic (exact) mass is 360 g/mol. The lowest BCUT2D eigenvalue weighted by atomic mass is 10.1. The van der Waals surface area contributed by atoms with E-state index >= 15 is 0 Å². The summed E-state index contributed by atoms with van der Waals surface area (Å²) in [5.41, 5.74) is 1.40. The Balaban J connectivity index is 1.55. The van der Waals surface area contributed by atoms with E-state index in [2.05, 4.69) is 20.6 Å². The number of aromatic nitrogens is 5. The van der Waals surface area contributed by atoms with Gasteiger partial charge in [0.1, 0.15) is 0 Å². The molecular formula is C19H16N6O2. The lowest BCUT2D eigenvalue weighted by Gasteiger charge is -2.08. The summed E-state index contributed by atoms with van der Waals surface area (Å²) in [5, 5.41) is 16.7. The van der Waals surface area contributed by atoms with Crippen molar-refractivity contribution in [2.75, 3.05) is 0 Å². The lowest BCUT2D eigenvalue weighted by molar-refractivity contribution is 0.0945. The standard InChI is InChI=1S/C19H16N6O2/c1-24-19(27)15-10-6-5-9-14(15)16(22-24)11-20-18(26)17-12-21-25(23-17)13-7-3-2-4-8-13/h2-10,12H,11H2,1H3,(H,20,26). The first-order valence-corrected chi connectivity index (χ1v) is 8.34. The Bertz CT molecular complexity index is 1180. The van der Waals surface area contributed by atoms with Crippen LogP contribution >= 0.6 is 0 Å². The predicted octanol–water partition coefficient (Wildman–Crippen LogP) is 1.44. The number of hydrogen-bond donors (Lipinski definition) is 1. The first-order chi connectivity index (χ1) is 13.1. The number of carbonyl (C=O) groups is 1. The van der Waals surface area contributed by atoms with Crippen LogP contribution in [0, 0.1) is 0 Å². The maximum Gasteiger partial charge on any atom is 0.274 e. The van der Waals surface area contributed by atoms with Crippen molar-refractivity contribution in [1.29, 1.82) is 0 Å². The molecule has 8 nitrogen and oxygen atoms in total. The summed E-state index contributed by atoms with van der Waals surface area (Å²) in [5.74, 6) is -0.364. The normalized spacial score (nSPS) is 10.9. The third kappa shape index (κ3) is 3.20. The van der Waals surface area contributed by atoms with Crippen LogP contribution in [0.5, 0.6) is 0 Å². The van der Waals surface area contributed by atoms with Crippen LogP contribution in [-0.2, 0) is 13.6 Å². The summed E-state index contributed by atoms with van der Waals surface area (Å²) in [7, 11) is 1.59. The Morgan fingerprint density at radius 1 is 1.00 bits per heavy atom. The highest BCUT2D eigenvalue weighted by Crippen LogP contribution is 2.13. The molecule has 0 bridgehead atoms. The van der Waals surface area contributed by atoms with Gasteiger partial charge in [-0.05, 0) is 18.2 Å². The number of benzene rings is 2. The molecule has 0 spiro atoms. The summed E-state index contributed by atoms with van der Waals surface area (Å²) in [4.78, 5) is 26.0. The number of amides is 1. The summed E-state index contributed by atoms with van der Waals surface area (Å²) in [6, 6.07) is 16.5. The highest BCUT2D eigenvalue weighted by Gasteiger charge is 2.13. The van der Waals surface area contributed by atoms with Crippen LogP contribution in [-0.4, -0.2) is 30.7 Å². The maximum absolute atomic E-state index is 12.4. The molecule has 2 aromatic heterocycles. The number of nitrogens with one attached hydrogen (secondary N) is 1. The Labute approximate surface area is 154 Å². The Morgan fingerprint density at radius 3 is 2.48 bits per heavy atom. The zero-order valence-electron chi connectivity index (χ0n) is 14.5. The first-order valence-electron chi connectivity index (χ1n) is 8.34.